The van der Waals surface area contributed by atoms with Crippen LogP contribution in [-0.4, -0.2) is 34.8 Å². The van der Waals surface area contributed by atoms with Crippen molar-refractivity contribution in [1.29, 1.82) is 0 Å². The molecule has 0 aromatic carbocycles. The summed E-state index contributed by atoms with van der Waals surface area (Å²) in [5.74, 6) is 3.60. The number of allylic oxidation sites excluding steroid dienone is 2. The number of fused-ring (bicyclic) bond motifs is 2. The van der Waals surface area contributed by atoms with Crippen LogP contribution in [0.3, 0.4) is 0 Å². The summed E-state index contributed by atoms with van der Waals surface area (Å²) in [4.78, 5) is 11.6. The van der Waals surface area contributed by atoms with Gasteiger partial charge in [-0.1, -0.05) is 52.2 Å². The third-order valence-electron chi connectivity index (χ3n) is 6.27. The van der Waals surface area contributed by atoms with E-state index in [1.165, 1.54) is 50.0 Å². The zero-order valence-electron chi connectivity index (χ0n) is 17.4. The van der Waals surface area contributed by atoms with E-state index in [1.807, 2.05) is 13.8 Å². The molecular weight excluding hydrogens is 358 g/mol. The normalized spacial score (nSPS) is 27.6. The Hall–Kier alpha value is -0.520. The molecule has 1 amide bonds. The summed E-state index contributed by atoms with van der Waals surface area (Å²) in [6, 6.07) is 0. The number of rotatable bonds is 13. The van der Waals surface area contributed by atoms with Crippen LogP contribution in [0.5, 0.6) is 0 Å². The predicted molar refractivity (Wildman–Crippen MR) is 113 cm³/mol. The van der Waals surface area contributed by atoms with Crippen LogP contribution in [0, 0.1) is 17.3 Å². The van der Waals surface area contributed by atoms with Gasteiger partial charge in [0.25, 0.3) is 0 Å². The van der Waals surface area contributed by atoms with E-state index in [1.54, 1.807) is 5.48 Å². The van der Waals surface area contributed by atoms with Crippen molar-refractivity contribution in [3.8, 4) is 0 Å². The van der Waals surface area contributed by atoms with Crippen LogP contribution in [0.15, 0.2) is 12.2 Å². The number of nitrogens with one attached hydrogen (secondary N) is 1. The second-order valence-corrected chi connectivity index (χ2v) is 9.97. The van der Waals surface area contributed by atoms with Crippen LogP contribution in [0.4, 0.5) is 0 Å². The van der Waals surface area contributed by atoms with E-state index in [0.717, 1.165) is 19.3 Å². The first-order valence-electron chi connectivity index (χ1n) is 10.8. The van der Waals surface area contributed by atoms with Crippen molar-refractivity contribution in [2.45, 2.75) is 90.8 Å². The molecule has 0 saturated carbocycles. The lowest BCUT2D eigenvalue weighted by molar-refractivity contribution is -0.138. The van der Waals surface area contributed by atoms with Crippen LogP contribution in [-0.2, 0) is 9.53 Å². The molecule has 0 spiro atoms. The monoisotopic (exact) mass is 397 g/mol. The standard InChI is InChI=1S/C22H39NO3S/c1-4-5-6-10-15-27-16-18-17(19-12-13-20(18)26-19)11-8-7-9-14-22(2,3)21(24)23-25/h7-8,17-20,25H,4-6,9-16H2,1-3H3,(H,23,24)/t17-,18+,19-,20+/m0/s1. The quantitative estimate of drug-likeness (QED) is 0.190. The van der Waals surface area contributed by atoms with Gasteiger partial charge >= 0.3 is 0 Å². The number of amides is 1. The van der Waals surface area contributed by atoms with E-state index in [-0.39, 0.29) is 5.91 Å². The van der Waals surface area contributed by atoms with Crippen LogP contribution >= 0.6 is 11.8 Å². The first kappa shape index (κ1) is 22.8. The van der Waals surface area contributed by atoms with Crippen molar-refractivity contribution in [3.63, 3.8) is 0 Å². The van der Waals surface area contributed by atoms with Crippen LogP contribution in [0.1, 0.15) is 78.6 Å². The number of hydrogen-bond acceptors (Lipinski definition) is 4. The summed E-state index contributed by atoms with van der Waals surface area (Å²) in [6.45, 7) is 5.99. The number of carbonyl (C=O) groups excluding carboxylic acids is 1. The smallest absolute Gasteiger partial charge is 0.248 e. The largest absolute Gasteiger partial charge is 0.374 e. The van der Waals surface area contributed by atoms with Gasteiger partial charge in [-0.05, 0) is 61.9 Å². The van der Waals surface area contributed by atoms with Gasteiger partial charge < -0.3 is 4.74 Å². The molecule has 2 bridgehead atoms. The van der Waals surface area contributed by atoms with Gasteiger partial charge in [-0.15, -0.1) is 0 Å². The average Bonchev–Trinajstić information content (AvgIpc) is 3.25. The molecule has 0 aromatic rings. The number of unbranched alkanes of at least 4 members (excludes halogenated alkanes) is 3. The highest BCUT2D eigenvalue weighted by Crippen LogP contribution is 2.46. The van der Waals surface area contributed by atoms with Gasteiger partial charge in [0.1, 0.15) is 0 Å². The molecule has 0 unspecified atom stereocenters. The fourth-order valence-corrected chi connectivity index (χ4v) is 5.67. The molecule has 5 heteroatoms. The highest BCUT2D eigenvalue weighted by atomic mass is 32.2. The summed E-state index contributed by atoms with van der Waals surface area (Å²) in [7, 11) is 0. The molecule has 2 N–H and O–H groups in total. The summed E-state index contributed by atoms with van der Waals surface area (Å²) in [5.41, 5.74) is 1.23. The summed E-state index contributed by atoms with van der Waals surface area (Å²) in [5, 5.41) is 8.80. The van der Waals surface area contributed by atoms with Gasteiger partial charge in [-0.2, -0.15) is 11.8 Å². The second-order valence-electron chi connectivity index (χ2n) is 8.82. The lowest BCUT2D eigenvalue weighted by Crippen LogP contribution is -2.34. The lowest BCUT2D eigenvalue weighted by Gasteiger charge is -2.27. The van der Waals surface area contributed by atoms with Gasteiger partial charge in [0.2, 0.25) is 5.91 Å². The third-order valence-corrected chi connectivity index (χ3v) is 7.47. The number of carbonyl (C=O) groups is 1. The second kappa shape index (κ2) is 11.5. The number of hydrogen-bond donors (Lipinski definition) is 2. The van der Waals surface area contributed by atoms with Crippen molar-refractivity contribution in [2.24, 2.45) is 17.3 Å². The maximum absolute atomic E-state index is 11.6. The molecule has 4 nitrogen and oxygen atoms in total. The van der Waals surface area contributed by atoms with Gasteiger partial charge in [0, 0.05) is 5.41 Å². The van der Waals surface area contributed by atoms with E-state index in [2.05, 4.69) is 30.8 Å². The lowest BCUT2D eigenvalue weighted by atomic mass is 9.78. The van der Waals surface area contributed by atoms with Crippen molar-refractivity contribution < 1.29 is 14.7 Å². The van der Waals surface area contributed by atoms with E-state index >= 15 is 0 Å². The molecule has 0 aliphatic carbocycles. The molecule has 4 atom stereocenters. The number of hydroxylamine groups is 1. The molecule has 0 radical (unpaired) electrons. The third kappa shape index (κ3) is 6.79. The Morgan fingerprint density at radius 1 is 1.19 bits per heavy atom. The van der Waals surface area contributed by atoms with E-state index in [9.17, 15) is 4.79 Å². The highest BCUT2D eigenvalue weighted by Gasteiger charge is 2.47. The van der Waals surface area contributed by atoms with Crippen LogP contribution in [0.25, 0.3) is 0 Å². The minimum Gasteiger partial charge on any atom is -0.374 e. The van der Waals surface area contributed by atoms with Crippen LogP contribution in [0.2, 0.25) is 0 Å². The van der Waals surface area contributed by atoms with Gasteiger partial charge in [0.05, 0.1) is 12.2 Å². The van der Waals surface area contributed by atoms with E-state index < -0.39 is 5.41 Å². The minimum absolute atomic E-state index is 0.312. The Balaban J connectivity index is 1.71. The summed E-state index contributed by atoms with van der Waals surface area (Å²) < 4.78 is 6.22. The maximum atomic E-state index is 11.6. The van der Waals surface area contributed by atoms with E-state index in [0.29, 0.717) is 24.0 Å². The molecule has 2 aliphatic heterocycles. The topological polar surface area (TPSA) is 58.6 Å². The molecule has 2 saturated heterocycles. The molecule has 27 heavy (non-hydrogen) atoms. The van der Waals surface area contributed by atoms with Crippen molar-refractivity contribution in [1.82, 2.24) is 5.48 Å². The zero-order valence-corrected chi connectivity index (χ0v) is 18.2. The fourth-order valence-electron chi connectivity index (χ4n) is 4.36. The summed E-state index contributed by atoms with van der Waals surface area (Å²) >= 11 is 2.12. The zero-order chi connectivity index (χ0) is 19.7. The Morgan fingerprint density at radius 2 is 1.93 bits per heavy atom. The Morgan fingerprint density at radius 3 is 2.63 bits per heavy atom. The first-order valence-corrected chi connectivity index (χ1v) is 12.0. The Labute approximate surface area is 169 Å². The van der Waals surface area contributed by atoms with Crippen molar-refractivity contribution in [3.05, 3.63) is 12.2 Å². The molecule has 156 valence electrons. The van der Waals surface area contributed by atoms with Gasteiger partial charge in [-0.25, -0.2) is 5.48 Å². The molecule has 2 aliphatic rings. The van der Waals surface area contributed by atoms with Crippen molar-refractivity contribution in [2.75, 3.05) is 11.5 Å². The molecule has 2 rings (SSSR count). The van der Waals surface area contributed by atoms with Crippen LogP contribution < -0.4 is 5.48 Å². The fraction of sp³-hybridized carbons (Fsp3) is 0.864. The predicted octanol–water partition coefficient (Wildman–Crippen LogP) is 5.35. The highest BCUT2D eigenvalue weighted by molar-refractivity contribution is 7.99. The van der Waals surface area contributed by atoms with E-state index in [4.69, 9.17) is 9.94 Å². The molecule has 0 aromatic heterocycles. The molecular formula is C22H39NO3S. The Bertz CT molecular complexity index is 480. The van der Waals surface area contributed by atoms with Crippen molar-refractivity contribution >= 4 is 17.7 Å². The Kier molecular flexibility index (Phi) is 9.67. The summed E-state index contributed by atoms with van der Waals surface area (Å²) in [6.07, 6.45) is 16.0. The average molecular weight is 398 g/mol. The van der Waals surface area contributed by atoms with Gasteiger partial charge in [-0.3, -0.25) is 10.0 Å². The number of ether oxygens (including phenoxy) is 1. The minimum atomic E-state index is -0.536. The SMILES string of the molecule is CCCCCCSC[C@@H]1[C@H](CC=CCCC(C)(C)C(=O)NO)[C@@H]2CC[C@H]1O2. The number of thioether (sulfide) groups is 1. The first-order chi connectivity index (χ1) is 13.0. The maximum Gasteiger partial charge on any atom is 0.248 e. The molecule has 2 fully saturated rings. The molecule has 2 heterocycles. The van der Waals surface area contributed by atoms with Gasteiger partial charge in [0.15, 0.2) is 0 Å².